The SMILES string of the molecule is CC(=O)SCc1ccc(C)cc1Br. The van der Waals surface area contributed by atoms with Crippen molar-refractivity contribution in [3.63, 3.8) is 0 Å². The van der Waals surface area contributed by atoms with Crippen molar-refractivity contribution in [2.45, 2.75) is 19.6 Å². The van der Waals surface area contributed by atoms with Gasteiger partial charge in [0.15, 0.2) is 5.12 Å². The Kier molecular flexibility index (Phi) is 4.00. The number of hydrogen-bond acceptors (Lipinski definition) is 2. The highest BCUT2D eigenvalue weighted by Crippen LogP contribution is 2.22. The molecule has 0 N–H and O–H groups in total. The number of thioether (sulfide) groups is 1. The van der Waals surface area contributed by atoms with Gasteiger partial charge in [0.05, 0.1) is 0 Å². The molecule has 0 aliphatic carbocycles. The van der Waals surface area contributed by atoms with Crippen LogP contribution in [0.1, 0.15) is 18.1 Å². The maximum atomic E-state index is 10.7. The van der Waals surface area contributed by atoms with Gasteiger partial charge in [0, 0.05) is 17.1 Å². The highest BCUT2D eigenvalue weighted by atomic mass is 79.9. The summed E-state index contributed by atoms with van der Waals surface area (Å²) in [6, 6.07) is 6.17. The molecule has 1 nitrogen and oxygen atoms in total. The van der Waals surface area contributed by atoms with E-state index < -0.39 is 0 Å². The fourth-order valence-corrected chi connectivity index (χ4v) is 2.38. The average Bonchev–Trinajstić information content (AvgIpc) is 2.02. The van der Waals surface area contributed by atoms with Crippen molar-refractivity contribution in [1.29, 1.82) is 0 Å². The van der Waals surface area contributed by atoms with E-state index in [4.69, 9.17) is 0 Å². The van der Waals surface area contributed by atoms with Crippen LogP contribution in [0, 0.1) is 6.92 Å². The van der Waals surface area contributed by atoms with Crippen LogP contribution in [0.15, 0.2) is 22.7 Å². The van der Waals surface area contributed by atoms with Gasteiger partial charge in [0.2, 0.25) is 0 Å². The number of carbonyl (C=O) groups excluding carboxylic acids is 1. The summed E-state index contributed by atoms with van der Waals surface area (Å²) in [5, 5.41) is 0.160. The summed E-state index contributed by atoms with van der Waals surface area (Å²) < 4.78 is 1.08. The predicted molar refractivity (Wildman–Crippen MR) is 60.9 cm³/mol. The highest BCUT2D eigenvalue weighted by molar-refractivity contribution is 9.10. The minimum atomic E-state index is 0.160. The van der Waals surface area contributed by atoms with E-state index in [1.54, 1.807) is 6.92 Å². The Hall–Kier alpha value is -0.280. The smallest absolute Gasteiger partial charge is 0.186 e. The summed E-state index contributed by atoms with van der Waals surface area (Å²) in [5.74, 6) is 0.746. The van der Waals surface area contributed by atoms with E-state index in [0.717, 1.165) is 10.2 Å². The fourth-order valence-electron chi connectivity index (χ4n) is 0.949. The third kappa shape index (κ3) is 3.53. The summed E-state index contributed by atoms with van der Waals surface area (Å²) in [7, 11) is 0. The summed E-state index contributed by atoms with van der Waals surface area (Å²) in [6.45, 7) is 3.64. The van der Waals surface area contributed by atoms with Crippen LogP contribution < -0.4 is 0 Å². The molecule has 0 bridgehead atoms. The van der Waals surface area contributed by atoms with Gasteiger partial charge in [0.25, 0.3) is 0 Å². The Morgan fingerprint density at radius 2 is 2.23 bits per heavy atom. The normalized spacial score (nSPS) is 10.1. The zero-order valence-corrected chi connectivity index (χ0v) is 10.0. The van der Waals surface area contributed by atoms with E-state index in [2.05, 4.69) is 34.1 Å². The van der Waals surface area contributed by atoms with Crippen LogP contribution in [0.4, 0.5) is 0 Å². The summed E-state index contributed by atoms with van der Waals surface area (Å²) in [5.41, 5.74) is 2.40. The number of carbonyl (C=O) groups is 1. The average molecular weight is 259 g/mol. The lowest BCUT2D eigenvalue weighted by Crippen LogP contribution is -1.87. The third-order valence-corrected chi connectivity index (χ3v) is 3.24. The lowest BCUT2D eigenvalue weighted by Gasteiger charge is -2.03. The molecule has 13 heavy (non-hydrogen) atoms. The Morgan fingerprint density at radius 1 is 1.54 bits per heavy atom. The molecule has 0 aliphatic rings. The molecule has 0 radical (unpaired) electrons. The fraction of sp³-hybridized carbons (Fsp3) is 0.300. The van der Waals surface area contributed by atoms with E-state index >= 15 is 0 Å². The third-order valence-electron chi connectivity index (χ3n) is 1.64. The van der Waals surface area contributed by atoms with Crippen molar-refractivity contribution < 1.29 is 4.79 Å². The maximum absolute atomic E-state index is 10.7. The lowest BCUT2D eigenvalue weighted by atomic mass is 10.2. The molecule has 3 heteroatoms. The summed E-state index contributed by atoms with van der Waals surface area (Å²) >= 11 is 4.81. The minimum Gasteiger partial charge on any atom is -0.288 e. The molecule has 1 aromatic rings. The van der Waals surface area contributed by atoms with Gasteiger partial charge in [-0.25, -0.2) is 0 Å². The van der Waals surface area contributed by atoms with Gasteiger partial charge in [-0.2, -0.15) is 0 Å². The van der Waals surface area contributed by atoms with Crippen LogP contribution in [0.5, 0.6) is 0 Å². The van der Waals surface area contributed by atoms with Crippen LogP contribution in [0.2, 0.25) is 0 Å². The first kappa shape index (κ1) is 10.8. The van der Waals surface area contributed by atoms with Crippen molar-refractivity contribution in [1.82, 2.24) is 0 Å². The molecule has 0 saturated heterocycles. The van der Waals surface area contributed by atoms with Crippen LogP contribution in [-0.2, 0) is 10.5 Å². The molecule has 0 amide bonds. The molecular weight excluding hydrogens is 248 g/mol. The van der Waals surface area contributed by atoms with Crippen molar-refractivity contribution in [3.05, 3.63) is 33.8 Å². The van der Waals surface area contributed by atoms with E-state index in [0.29, 0.717) is 0 Å². The number of hydrogen-bond donors (Lipinski definition) is 0. The quantitative estimate of drug-likeness (QED) is 0.808. The van der Waals surface area contributed by atoms with Crippen LogP contribution >= 0.6 is 27.7 Å². The van der Waals surface area contributed by atoms with Gasteiger partial charge in [-0.3, -0.25) is 4.79 Å². The molecule has 0 atom stereocenters. The van der Waals surface area contributed by atoms with E-state index in [1.807, 2.05) is 6.92 Å². The Morgan fingerprint density at radius 3 is 2.77 bits per heavy atom. The first-order valence-corrected chi connectivity index (χ1v) is 5.76. The molecule has 0 unspecified atom stereocenters. The van der Waals surface area contributed by atoms with Crippen molar-refractivity contribution in [2.75, 3.05) is 0 Å². The van der Waals surface area contributed by atoms with E-state index in [9.17, 15) is 4.79 Å². The number of benzene rings is 1. The highest BCUT2D eigenvalue weighted by Gasteiger charge is 2.01. The predicted octanol–water partition coefficient (Wildman–Crippen LogP) is 3.54. The van der Waals surface area contributed by atoms with Gasteiger partial charge in [0.1, 0.15) is 0 Å². The van der Waals surface area contributed by atoms with Gasteiger partial charge in [-0.05, 0) is 24.1 Å². The summed E-state index contributed by atoms with van der Waals surface area (Å²) in [4.78, 5) is 10.7. The van der Waals surface area contributed by atoms with Crippen molar-refractivity contribution in [3.8, 4) is 0 Å². The zero-order valence-electron chi connectivity index (χ0n) is 7.63. The molecule has 0 heterocycles. The second kappa shape index (κ2) is 4.82. The minimum absolute atomic E-state index is 0.160. The van der Waals surface area contributed by atoms with Crippen molar-refractivity contribution >= 4 is 32.8 Å². The lowest BCUT2D eigenvalue weighted by molar-refractivity contribution is -0.109. The first-order valence-electron chi connectivity index (χ1n) is 3.98. The molecule has 0 aliphatic heterocycles. The van der Waals surface area contributed by atoms with Crippen LogP contribution in [-0.4, -0.2) is 5.12 Å². The summed E-state index contributed by atoms with van der Waals surface area (Å²) in [6.07, 6.45) is 0. The second-order valence-corrected chi connectivity index (χ2v) is 4.88. The van der Waals surface area contributed by atoms with Gasteiger partial charge < -0.3 is 0 Å². The number of halogens is 1. The number of rotatable bonds is 2. The molecule has 0 saturated carbocycles. The topological polar surface area (TPSA) is 17.1 Å². The molecule has 0 aromatic heterocycles. The van der Waals surface area contributed by atoms with Gasteiger partial charge >= 0.3 is 0 Å². The molecule has 0 fully saturated rings. The van der Waals surface area contributed by atoms with E-state index in [-0.39, 0.29) is 5.12 Å². The Bertz CT molecular complexity index is 323. The molecule has 1 aromatic carbocycles. The van der Waals surface area contributed by atoms with E-state index in [1.165, 1.54) is 22.9 Å². The monoisotopic (exact) mass is 258 g/mol. The molecule has 0 spiro atoms. The molecule has 1 rings (SSSR count). The standard InChI is InChI=1S/C10H11BrOS/c1-7-3-4-9(10(11)5-7)6-13-8(2)12/h3-5H,6H2,1-2H3. The number of aryl methyl sites for hydroxylation is 1. The zero-order chi connectivity index (χ0) is 9.84. The Balaban J connectivity index is 2.72. The second-order valence-electron chi connectivity index (χ2n) is 2.88. The Labute approximate surface area is 91.0 Å². The van der Waals surface area contributed by atoms with Crippen molar-refractivity contribution in [2.24, 2.45) is 0 Å². The maximum Gasteiger partial charge on any atom is 0.186 e. The van der Waals surface area contributed by atoms with Gasteiger partial charge in [-0.1, -0.05) is 39.8 Å². The van der Waals surface area contributed by atoms with Gasteiger partial charge in [-0.15, -0.1) is 0 Å². The largest absolute Gasteiger partial charge is 0.288 e. The first-order chi connectivity index (χ1) is 6.09. The van der Waals surface area contributed by atoms with Crippen LogP contribution in [0.3, 0.4) is 0 Å². The molecular formula is C10H11BrOS. The molecule has 70 valence electrons. The van der Waals surface area contributed by atoms with Crippen LogP contribution in [0.25, 0.3) is 0 Å².